The molecular weight excluding hydrogens is 376 g/mol. The number of carbonyl (C=O) groups excluding carboxylic acids is 2. The third-order valence-corrected chi connectivity index (χ3v) is 4.52. The minimum absolute atomic E-state index is 0.234. The Labute approximate surface area is 168 Å². The number of carbonyl (C=O) groups is 2. The van der Waals surface area contributed by atoms with E-state index >= 15 is 0 Å². The molecule has 5 nitrogen and oxygen atoms in total. The van der Waals surface area contributed by atoms with E-state index in [1.165, 1.54) is 0 Å². The molecule has 3 aromatic rings. The summed E-state index contributed by atoms with van der Waals surface area (Å²) in [5.41, 5.74) is 2.42. The summed E-state index contributed by atoms with van der Waals surface area (Å²) in [6, 6.07) is 20.8. The predicted octanol–water partition coefficient (Wildman–Crippen LogP) is 4.53. The molecule has 28 heavy (non-hydrogen) atoms. The number of rotatable bonds is 6. The highest BCUT2D eigenvalue weighted by Crippen LogP contribution is 2.17. The van der Waals surface area contributed by atoms with Gasteiger partial charge in [-0.05, 0) is 60.2 Å². The predicted molar refractivity (Wildman–Crippen MR) is 110 cm³/mol. The second-order valence-corrected chi connectivity index (χ2v) is 6.44. The fraction of sp³-hybridized carbons (Fsp3) is 0.0909. The van der Waals surface area contributed by atoms with Crippen molar-refractivity contribution >= 4 is 29.1 Å². The maximum atomic E-state index is 12.3. The van der Waals surface area contributed by atoms with Crippen molar-refractivity contribution in [2.45, 2.75) is 6.54 Å². The lowest BCUT2D eigenvalue weighted by atomic mass is 10.1. The van der Waals surface area contributed by atoms with Gasteiger partial charge in [-0.3, -0.25) is 9.59 Å². The summed E-state index contributed by atoms with van der Waals surface area (Å²) in [5.74, 6) is 0.223. The average Bonchev–Trinajstić information content (AvgIpc) is 2.73. The molecule has 3 rings (SSSR count). The van der Waals surface area contributed by atoms with Gasteiger partial charge in [0.25, 0.3) is 11.8 Å². The first-order chi connectivity index (χ1) is 13.6. The van der Waals surface area contributed by atoms with Crippen molar-refractivity contribution in [1.29, 1.82) is 0 Å². The molecular formula is C22H19ClN2O3. The third kappa shape index (κ3) is 4.90. The van der Waals surface area contributed by atoms with Crippen molar-refractivity contribution in [3.05, 3.63) is 94.5 Å². The van der Waals surface area contributed by atoms with E-state index < -0.39 is 0 Å². The highest BCUT2D eigenvalue weighted by Gasteiger charge is 2.10. The minimum atomic E-state index is -0.256. The second-order valence-electron chi connectivity index (χ2n) is 6.03. The van der Waals surface area contributed by atoms with Crippen LogP contribution in [0.4, 0.5) is 5.69 Å². The molecule has 0 aromatic heterocycles. The highest BCUT2D eigenvalue weighted by atomic mass is 35.5. The van der Waals surface area contributed by atoms with E-state index in [0.717, 1.165) is 5.56 Å². The number of hydrogen-bond donors (Lipinski definition) is 2. The molecule has 0 aliphatic carbocycles. The van der Waals surface area contributed by atoms with E-state index in [1.54, 1.807) is 61.7 Å². The normalized spacial score (nSPS) is 10.2. The first-order valence-corrected chi connectivity index (χ1v) is 9.01. The second kappa shape index (κ2) is 9.06. The Morgan fingerprint density at radius 3 is 2.07 bits per heavy atom. The van der Waals surface area contributed by atoms with Crippen molar-refractivity contribution in [2.75, 3.05) is 12.4 Å². The molecule has 6 heteroatoms. The van der Waals surface area contributed by atoms with Crippen LogP contribution in [0.5, 0.6) is 5.75 Å². The van der Waals surface area contributed by atoms with Crippen LogP contribution in [-0.2, 0) is 6.54 Å². The summed E-state index contributed by atoms with van der Waals surface area (Å²) >= 11 is 6.09. The van der Waals surface area contributed by atoms with Gasteiger partial charge >= 0.3 is 0 Å². The van der Waals surface area contributed by atoms with E-state index in [2.05, 4.69) is 10.6 Å². The maximum absolute atomic E-state index is 12.3. The Kier molecular flexibility index (Phi) is 6.29. The standard InChI is InChI=1S/C22H19ClN2O3/c1-28-19-12-10-18(11-13-19)25-22(27)16-8-6-15(7-9-16)21(26)24-14-17-4-2-3-5-20(17)23/h2-13H,14H2,1H3,(H,24,26)(H,25,27). The first-order valence-electron chi connectivity index (χ1n) is 8.64. The lowest BCUT2D eigenvalue weighted by Gasteiger charge is -2.09. The molecule has 142 valence electrons. The fourth-order valence-corrected chi connectivity index (χ4v) is 2.77. The number of anilines is 1. The molecule has 0 atom stereocenters. The van der Waals surface area contributed by atoms with Crippen LogP contribution in [0.15, 0.2) is 72.8 Å². The fourth-order valence-electron chi connectivity index (χ4n) is 2.57. The molecule has 3 aromatic carbocycles. The summed E-state index contributed by atoms with van der Waals surface area (Å²) in [5, 5.41) is 6.23. The quantitative estimate of drug-likeness (QED) is 0.645. The molecule has 0 spiro atoms. The highest BCUT2D eigenvalue weighted by molar-refractivity contribution is 6.31. The van der Waals surface area contributed by atoms with Gasteiger partial charge in [-0.25, -0.2) is 0 Å². The van der Waals surface area contributed by atoms with Crippen molar-refractivity contribution < 1.29 is 14.3 Å². The van der Waals surface area contributed by atoms with E-state index in [9.17, 15) is 9.59 Å². The number of ether oxygens (including phenoxy) is 1. The van der Waals surface area contributed by atoms with Crippen molar-refractivity contribution in [1.82, 2.24) is 5.32 Å². The number of methoxy groups -OCH3 is 1. The molecule has 0 bridgehead atoms. The largest absolute Gasteiger partial charge is 0.497 e. The Bertz CT molecular complexity index is 970. The topological polar surface area (TPSA) is 67.4 Å². The smallest absolute Gasteiger partial charge is 0.255 e. The van der Waals surface area contributed by atoms with Gasteiger partial charge in [-0.1, -0.05) is 29.8 Å². The summed E-state index contributed by atoms with van der Waals surface area (Å²) in [6.07, 6.45) is 0. The average molecular weight is 395 g/mol. The van der Waals surface area contributed by atoms with E-state index in [1.807, 2.05) is 18.2 Å². The summed E-state index contributed by atoms with van der Waals surface area (Å²) in [4.78, 5) is 24.6. The first kappa shape index (κ1) is 19.5. The third-order valence-electron chi connectivity index (χ3n) is 4.15. The Balaban J connectivity index is 1.59. The van der Waals surface area contributed by atoms with Gasteiger partial charge in [0.1, 0.15) is 5.75 Å². The molecule has 2 N–H and O–H groups in total. The molecule has 0 fully saturated rings. The summed E-state index contributed by atoms with van der Waals surface area (Å²) < 4.78 is 5.09. The van der Waals surface area contributed by atoms with E-state index in [-0.39, 0.29) is 11.8 Å². The zero-order valence-corrected chi connectivity index (χ0v) is 16.0. The van der Waals surface area contributed by atoms with Crippen LogP contribution in [0.25, 0.3) is 0 Å². The Morgan fingerprint density at radius 2 is 1.46 bits per heavy atom. The number of hydrogen-bond acceptors (Lipinski definition) is 3. The lowest BCUT2D eigenvalue weighted by molar-refractivity contribution is 0.0949. The molecule has 0 aliphatic heterocycles. The zero-order chi connectivity index (χ0) is 19.9. The maximum Gasteiger partial charge on any atom is 0.255 e. The van der Waals surface area contributed by atoms with Gasteiger partial charge in [0, 0.05) is 28.4 Å². The molecule has 0 aliphatic rings. The number of amides is 2. The van der Waals surface area contributed by atoms with Gasteiger partial charge in [0.05, 0.1) is 7.11 Å². The summed E-state index contributed by atoms with van der Waals surface area (Å²) in [6.45, 7) is 0.332. The van der Waals surface area contributed by atoms with Crippen LogP contribution in [-0.4, -0.2) is 18.9 Å². The molecule has 0 saturated heterocycles. The number of nitrogens with one attached hydrogen (secondary N) is 2. The zero-order valence-electron chi connectivity index (χ0n) is 15.2. The Morgan fingerprint density at radius 1 is 0.857 bits per heavy atom. The van der Waals surface area contributed by atoms with Gasteiger partial charge in [-0.15, -0.1) is 0 Å². The number of halogens is 1. The number of benzene rings is 3. The van der Waals surface area contributed by atoms with E-state index in [4.69, 9.17) is 16.3 Å². The SMILES string of the molecule is COc1ccc(NC(=O)c2ccc(C(=O)NCc3ccccc3Cl)cc2)cc1. The Hall–Kier alpha value is -3.31. The van der Waals surface area contributed by atoms with Gasteiger partial charge in [-0.2, -0.15) is 0 Å². The molecule has 0 radical (unpaired) electrons. The van der Waals surface area contributed by atoms with Crippen LogP contribution in [0.2, 0.25) is 5.02 Å². The van der Waals surface area contributed by atoms with Gasteiger partial charge in [0.15, 0.2) is 0 Å². The molecule has 0 unspecified atom stereocenters. The lowest BCUT2D eigenvalue weighted by Crippen LogP contribution is -2.23. The van der Waals surface area contributed by atoms with Crippen LogP contribution in [0.3, 0.4) is 0 Å². The van der Waals surface area contributed by atoms with Gasteiger partial charge in [0.2, 0.25) is 0 Å². The monoisotopic (exact) mass is 394 g/mol. The van der Waals surface area contributed by atoms with Crippen LogP contribution < -0.4 is 15.4 Å². The van der Waals surface area contributed by atoms with Crippen LogP contribution in [0.1, 0.15) is 26.3 Å². The summed E-state index contributed by atoms with van der Waals surface area (Å²) in [7, 11) is 1.58. The van der Waals surface area contributed by atoms with Crippen LogP contribution in [0, 0.1) is 0 Å². The van der Waals surface area contributed by atoms with Crippen molar-refractivity contribution in [3.63, 3.8) is 0 Å². The van der Waals surface area contributed by atoms with Crippen LogP contribution >= 0.6 is 11.6 Å². The van der Waals surface area contributed by atoms with E-state index in [0.29, 0.717) is 34.1 Å². The van der Waals surface area contributed by atoms with Gasteiger partial charge < -0.3 is 15.4 Å². The molecule has 0 heterocycles. The van der Waals surface area contributed by atoms with Crippen molar-refractivity contribution in [2.24, 2.45) is 0 Å². The molecule has 0 saturated carbocycles. The molecule has 2 amide bonds. The minimum Gasteiger partial charge on any atom is -0.497 e. The van der Waals surface area contributed by atoms with Crippen molar-refractivity contribution in [3.8, 4) is 5.75 Å².